The predicted molar refractivity (Wildman–Crippen MR) is 101 cm³/mol. The molecule has 3 heterocycles. The van der Waals surface area contributed by atoms with Gasteiger partial charge in [-0.05, 0) is 31.2 Å². The van der Waals surface area contributed by atoms with E-state index in [-0.39, 0.29) is 0 Å². The topological polar surface area (TPSA) is 85.8 Å². The lowest BCUT2D eigenvalue weighted by Crippen LogP contribution is -2.65. The van der Waals surface area contributed by atoms with Gasteiger partial charge in [0.15, 0.2) is 12.2 Å². The van der Waals surface area contributed by atoms with Crippen molar-refractivity contribution in [1.82, 2.24) is 14.7 Å². The number of esters is 1. The van der Waals surface area contributed by atoms with Crippen molar-refractivity contribution in [2.24, 2.45) is 4.99 Å². The fraction of sp³-hybridized carbons (Fsp3) is 0.333. The van der Waals surface area contributed by atoms with E-state index in [2.05, 4.69) is 9.73 Å². The Morgan fingerprint density at radius 3 is 2.57 bits per heavy atom. The van der Waals surface area contributed by atoms with Crippen molar-refractivity contribution in [3.05, 3.63) is 41.2 Å². The minimum absolute atomic E-state index is 0.436. The Labute approximate surface area is 166 Å². The minimum atomic E-state index is -0.741. The van der Waals surface area contributed by atoms with Gasteiger partial charge in [0.2, 0.25) is 5.96 Å². The average molecular weight is 404 g/mol. The Kier molecular flexibility index (Phi) is 4.26. The van der Waals surface area contributed by atoms with E-state index >= 15 is 0 Å². The van der Waals surface area contributed by atoms with Crippen LogP contribution >= 0.6 is 11.6 Å². The number of allylic oxidation sites excluding steroid dienone is 1. The number of halogens is 1. The van der Waals surface area contributed by atoms with E-state index in [1.54, 1.807) is 24.1 Å². The number of ether oxygens (including phenoxy) is 1. The van der Waals surface area contributed by atoms with E-state index in [1.807, 2.05) is 30.2 Å². The van der Waals surface area contributed by atoms with Crippen LogP contribution in [0.1, 0.15) is 6.92 Å². The monoisotopic (exact) mass is 403 g/mol. The number of hydrogen-bond acceptors (Lipinski definition) is 7. The zero-order chi connectivity index (χ0) is 20.2. The third-order valence-corrected chi connectivity index (χ3v) is 5.24. The molecule has 146 valence electrons. The molecule has 28 heavy (non-hydrogen) atoms. The van der Waals surface area contributed by atoms with Crippen LogP contribution in [0, 0.1) is 0 Å². The van der Waals surface area contributed by atoms with Gasteiger partial charge in [-0.25, -0.2) is 9.79 Å². The van der Waals surface area contributed by atoms with Crippen LogP contribution in [-0.4, -0.2) is 71.5 Å². The molecule has 1 fully saturated rings. The number of urea groups is 1. The Balaban J connectivity index is 1.69. The lowest BCUT2D eigenvalue weighted by Gasteiger charge is -2.39. The number of imide groups is 1. The number of nitrogens with zero attached hydrogens (tertiary/aromatic N) is 5. The summed E-state index contributed by atoms with van der Waals surface area (Å²) >= 11 is 5.98. The highest BCUT2D eigenvalue weighted by molar-refractivity contribution is 6.30. The van der Waals surface area contributed by atoms with Gasteiger partial charge in [0.05, 0.1) is 7.11 Å². The molecule has 3 amide bonds. The fourth-order valence-electron chi connectivity index (χ4n) is 3.60. The molecule has 3 aliphatic heterocycles. The maximum absolute atomic E-state index is 13.0. The summed E-state index contributed by atoms with van der Waals surface area (Å²) in [5, 5.41) is 0.613. The predicted octanol–water partition coefficient (Wildman–Crippen LogP) is 1.45. The van der Waals surface area contributed by atoms with E-state index in [4.69, 9.17) is 11.6 Å². The van der Waals surface area contributed by atoms with Crippen molar-refractivity contribution in [2.75, 3.05) is 25.6 Å². The van der Waals surface area contributed by atoms with Gasteiger partial charge >= 0.3 is 12.0 Å². The second-order valence-corrected chi connectivity index (χ2v) is 7.11. The van der Waals surface area contributed by atoms with Crippen LogP contribution in [0.5, 0.6) is 0 Å². The molecular formula is C18H18ClN5O4. The van der Waals surface area contributed by atoms with Crippen LogP contribution in [0.4, 0.5) is 10.5 Å². The second-order valence-electron chi connectivity index (χ2n) is 6.67. The van der Waals surface area contributed by atoms with E-state index in [0.717, 1.165) is 16.3 Å². The van der Waals surface area contributed by atoms with E-state index in [9.17, 15) is 14.4 Å². The molecular weight excluding hydrogens is 386 g/mol. The van der Waals surface area contributed by atoms with Crippen LogP contribution in [0.2, 0.25) is 5.02 Å². The lowest BCUT2D eigenvalue weighted by molar-refractivity contribution is -0.148. The zero-order valence-electron chi connectivity index (χ0n) is 15.5. The number of anilines is 1. The van der Waals surface area contributed by atoms with Gasteiger partial charge in [-0.1, -0.05) is 11.6 Å². The summed E-state index contributed by atoms with van der Waals surface area (Å²) < 4.78 is 4.61. The maximum atomic E-state index is 13.0. The molecule has 1 aromatic carbocycles. The normalized spacial score (nSPS) is 23.6. The van der Waals surface area contributed by atoms with Crippen molar-refractivity contribution < 1.29 is 19.1 Å². The SMILES string of the molecule is COC(=O)CN1C(=O)C2C(N=C3N(c4ccc(Cl)cc4)C(C)=CN32)N(C)C1=O. The number of likely N-dealkylation sites (N-methyl/N-ethyl adjacent to an activating group) is 1. The van der Waals surface area contributed by atoms with Crippen LogP contribution in [-0.2, 0) is 14.3 Å². The summed E-state index contributed by atoms with van der Waals surface area (Å²) in [6.07, 6.45) is 1.14. The highest BCUT2D eigenvalue weighted by Crippen LogP contribution is 2.36. The minimum Gasteiger partial charge on any atom is -0.468 e. The van der Waals surface area contributed by atoms with Gasteiger partial charge in [-0.15, -0.1) is 0 Å². The Bertz CT molecular complexity index is 928. The van der Waals surface area contributed by atoms with Crippen LogP contribution in [0.25, 0.3) is 0 Å². The Morgan fingerprint density at radius 2 is 1.93 bits per heavy atom. The van der Waals surface area contributed by atoms with Gasteiger partial charge in [-0.2, -0.15) is 0 Å². The van der Waals surface area contributed by atoms with Crippen LogP contribution < -0.4 is 4.90 Å². The summed E-state index contributed by atoms with van der Waals surface area (Å²) in [6.45, 7) is 1.47. The maximum Gasteiger partial charge on any atom is 0.328 e. The highest BCUT2D eigenvalue weighted by Gasteiger charge is 2.54. The third-order valence-electron chi connectivity index (χ3n) is 4.99. The molecule has 0 radical (unpaired) electrons. The second kappa shape index (κ2) is 6.52. The van der Waals surface area contributed by atoms with E-state index in [0.29, 0.717) is 11.0 Å². The number of rotatable bonds is 3. The number of amides is 3. The molecule has 1 aromatic rings. The smallest absolute Gasteiger partial charge is 0.328 e. The summed E-state index contributed by atoms with van der Waals surface area (Å²) in [5.74, 6) is -0.606. The van der Waals surface area contributed by atoms with Gasteiger partial charge in [0.1, 0.15) is 6.54 Å². The van der Waals surface area contributed by atoms with Crippen molar-refractivity contribution >= 4 is 41.2 Å². The van der Waals surface area contributed by atoms with Crippen molar-refractivity contribution in [3.63, 3.8) is 0 Å². The summed E-state index contributed by atoms with van der Waals surface area (Å²) in [7, 11) is 2.77. The largest absolute Gasteiger partial charge is 0.468 e. The number of methoxy groups -OCH3 is 1. The number of fused-ring (bicyclic) bond motifs is 3. The Hall–Kier alpha value is -3.07. The summed E-state index contributed by atoms with van der Waals surface area (Å²) in [6, 6.07) is 5.93. The van der Waals surface area contributed by atoms with Gasteiger partial charge in [-0.3, -0.25) is 19.4 Å². The molecule has 9 nitrogen and oxygen atoms in total. The Morgan fingerprint density at radius 1 is 1.25 bits per heavy atom. The standard InChI is InChI=1S/C18H18ClN5O4/c1-10-8-22-14-15(20-17(22)24(10)12-6-4-11(19)5-7-12)21(2)18(27)23(16(14)26)9-13(25)28-3/h4-8,14-15H,9H2,1-3H3. The van der Waals surface area contributed by atoms with Crippen molar-refractivity contribution in [3.8, 4) is 0 Å². The summed E-state index contributed by atoms with van der Waals surface area (Å²) in [5.41, 5.74) is 1.71. The molecule has 0 aromatic heterocycles. The number of benzene rings is 1. The molecule has 10 heteroatoms. The molecule has 0 N–H and O–H groups in total. The lowest BCUT2D eigenvalue weighted by atomic mass is 10.1. The highest BCUT2D eigenvalue weighted by atomic mass is 35.5. The van der Waals surface area contributed by atoms with Crippen LogP contribution in [0.15, 0.2) is 41.2 Å². The first kappa shape index (κ1) is 18.3. The number of aliphatic imine (C=N–C) groups is 1. The van der Waals surface area contributed by atoms with E-state index < -0.39 is 36.7 Å². The molecule has 0 spiro atoms. The molecule has 1 saturated heterocycles. The molecule has 0 aliphatic carbocycles. The first-order valence-electron chi connectivity index (χ1n) is 8.58. The van der Waals surface area contributed by atoms with Gasteiger partial charge in [0.25, 0.3) is 5.91 Å². The van der Waals surface area contributed by atoms with Crippen LogP contribution in [0.3, 0.4) is 0 Å². The first-order chi connectivity index (χ1) is 13.3. The number of carbonyl (C=O) groups is 3. The van der Waals surface area contributed by atoms with Gasteiger partial charge in [0, 0.05) is 29.7 Å². The fourth-order valence-corrected chi connectivity index (χ4v) is 3.73. The molecule has 2 unspecified atom stereocenters. The third kappa shape index (κ3) is 2.62. The molecule has 3 aliphatic rings. The molecule has 0 bridgehead atoms. The molecule has 4 rings (SSSR count). The average Bonchev–Trinajstić information content (AvgIpc) is 3.18. The number of hydrogen-bond donors (Lipinski definition) is 0. The number of guanidine groups is 1. The summed E-state index contributed by atoms with van der Waals surface area (Å²) in [4.78, 5) is 47.8. The van der Waals surface area contributed by atoms with Gasteiger partial charge < -0.3 is 14.5 Å². The van der Waals surface area contributed by atoms with Crippen molar-refractivity contribution in [2.45, 2.75) is 19.1 Å². The molecule has 2 atom stereocenters. The van der Waals surface area contributed by atoms with E-state index in [1.165, 1.54) is 12.0 Å². The zero-order valence-corrected chi connectivity index (χ0v) is 16.3. The van der Waals surface area contributed by atoms with Crippen molar-refractivity contribution in [1.29, 1.82) is 0 Å². The molecule has 0 saturated carbocycles. The number of carbonyl (C=O) groups excluding carboxylic acids is 3. The first-order valence-corrected chi connectivity index (χ1v) is 8.96. The quantitative estimate of drug-likeness (QED) is 0.710.